The van der Waals surface area contributed by atoms with Gasteiger partial charge < -0.3 is 9.84 Å². The third-order valence-electron chi connectivity index (χ3n) is 5.93. The third kappa shape index (κ3) is 2.85. The number of hydrogen-bond donors (Lipinski definition) is 1. The standard InChI is InChI=1S/C21H26N2O3/c1-3-15-10-14-11-19(24)20(15)22(12-14)9-8-16-13-23(21(25)26-2)18-7-5-4-6-17(16)18/h3-7,13-14,19-20,24H,8-12H2,1-2H3/b15-3-/t14-,19-,20+/m0/s1. The van der Waals surface area contributed by atoms with E-state index >= 15 is 0 Å². The number of piperidine rings is 2. The largest absolute Gasteiger partial charge is 0.452 e. The Morgan fingerprint density at radius 3 is 2.92 bits per heavy atom. The molecule has 3 fully saturated rings. The lowest BCUT2D eigenvalue weighted by molar-refractivity contribution is -0.0236. The highest BCUT2D eigenvalue weighted by Crippen LogP contribution is 2.39. The highest BCUT2D eigenvalue weighted by molar-refractivity contribution is 5.91. The number of aliphatic hydroxyl groups excluding tert-OH is 1. The van der Waals surface area contributed by atoms with Gasteiger partial charge in [-0.05, 0) is 43.7 Å². The van der Waals surface area contributed by atoms with Gasteiger partial charge in [-0.1, -0.05) is 29.8 Å². The molecule has 5 nitrogen and oxygen atoms in total. The second-order valence-electron chi connectivity index (χ2n) is 7.44. The first-order chi connectivity index (χ1) is 12.6. The number of nitrogens with zero attached hydrogens (tertiary/aromatic N) is 2. The van der Waals surface area contributed by atoms with E-state index in [1.165, 1.54) is 12.7 Å². The van der Waals surface area contributed by atoms with E-state index in [1.807, 2.05) is 24.4 Å². The minimum atomic E-state index is -0.365. The van der Waals surface area contributed by atoms with Gasteiger partial charge in [-0.15, -0.1) is 0 Å². The van der Waals surface area contributed by atoms with Crippen LogP contribution in [0.15, 0.2) is 42.1 Å². The number of allylic oxidation sites excluding steroid dienone is 1. The quantitative estimate of drug-likeness (QED) is 0.860. The Morgan fingerprint density at radius 2 is 2.19 bits per heavy atom. The van der Waals surface area contributed by atoms with Gasteiger partial charge in [0.1, 0.15) is 0 Å². The summed E-state index contributed by atoms with van der Waals surface area (Å²) in [6.45, 7) is 4.00. The molecule has 138 valence electrons. The van der Waals surface area contributed by atoms with Gasteiger partial charge in [0.25, 0.3) is 0 Å². The number of aliphatic hydroxyl groups is 1. The van der Waals surface area contributed by atoms with E-state index in [4.69, 9.17) is 4.74 Å². The maximum atomic E-state index is 12.1. The molecule has 1 aromatic heterocycles. The van der Waals surface area contributed by atoms with Crippen molar-refractivity contribution in [2.45, 2.75) is 38.3 Å². The van der Waals surface area contributed by atoms with Crippen molar-refractivity contribution in [3.63, 3.8) is 0 Å². The summed E-state index contributed by atoms with van der Waals surface area (Å²) in [5.74, 6) is 0.553. The Morgan fingerprint density at radius 1 is 1.38 bits per heavy atom. The van der Waals surface area contributed by atoms with Crippen molar-refractivity contribution in [3.05, 3.63) is 47.7 Å². The monoisotopic (exact) mass is 354 g/mol. The summed E-state index contributed by atoms with van der Waals surface area (Å²) >= 11 is 0. The summed E-state index contributed by atoms with van der Waals surface area (Å²) < 4.78 is 6.49. The van der Waals surface area contributed by atoms with Crippen molar-refractivity contribution >= 4 is 17.0 Å². The second-order valence-corrected chi connectivity index (χ2v) is 7.44. The Kier molecular flexibility index (Phi) is 4.59. The highest BCUT2D eigenvalue weighted by Gasteiger charge is 2.42. The van der Waals surface area contributed by atoms with Gasteiger partial charge in [0.2, 0.25) is 0 Å². The molecule has 2 bridgehead atoms. The van der Waals surface area contributed by atoms with Crippen LogP contribution < -0.4 is 0 Å². The molecule has 5 heteroatoms. The zero-order chi connectivity index (χ0) is 18.3. The van der Waals surface area contributed by atoms with Gasteiger partial charge in [0.15, 0.2) is 0 Å². The molecule has 26 heavy (non-hydrogen) atoms. The molecule has 1 saturated carbocycles. The number of benzene rings is 1. The number of fused-ring (bicyclic) bond motifs is 4. The Bertz CT molecular complexity index is 854. The van der Waals surface area contributed by atoms with Crippen LogP contribution in [0.2, 0.25) is 0 Å². The highest BCUT2D eigenvalue weighted by atomic mass is 16.5. The zero-order valence-corrected chi connectivity index (χ0v) is 15.4. The normalized spacial score (nSPS) is 27.3. The number of rotatable bonds is 3. The average molecular weight is 354 g/mol. The molecule has 0 spiro atoms. The van der Waals surface area contributed by atoms with Crippen LogP contribution in [0.5, 0.6) is 0 Å². The van der Waals surface area contributed by atoms with Gasteiger partial charge in [-0.25, -0.2) is 4.79 Å². The fourth-order valence-electron chi connectivity index (χ4n) is 4.80. The molecule has 3 heterocycles. The van der Waals surface area contributed by atoms with E-state index in [-0.39, 0.29) is 18.2 Å². The van der Waals surface area contributed by atoms with Gasteiger partial charge in [0, 0.05) is 24.7 Å². The molecular weight excluding hydrogens is 328 g/mol. The molecule has 1 aromatic carbocycles. The first kappa shape index (κ1) is 17.3. The van der Waals surface area contributed by atoms with E-state index in [1.54, 1.807) is 4.57 Å². The van der Waals surface area contributed by atoms with Crippen molar-refractivity contribution in [1.82, 2.24) is 9.47 Å². The van der Waals surface area contributed by atoms with Crippen LogP contribution in [-0.4, -0.2) is 53.0 Å². The number of ether oxygens (including phenoxy) is 1. The van der Waals surface area contributed by atoms with Crippen molar-refractivity contribution in [2.24, 2.45) is 5.92 Å². The van der Waals surface area contributed by atoms with Crippen molar-refractivity contribution < 1.29 is 14.6 Å². The molecular formula is C21H26N2O3. The van der Waals surface area contributed by atoms with Crippen molar-refractivity contribution in [2.75, 3.05) is 20.2 Å². The summed E-state index contributed by atoms with van der Waals surface area (Å²) in [6, 6.07) is 8.08. The molecule has 2 aliphatic heterocycles. The molecule has 0 radical (unpaired) electrons. The number of aromatic nitrogens is 1. The van der Waals surface area contributed by atoms with Crippen LogP contribution in [0.1, 0.15) is 25.3 Å². The maximum absolute atomic E-state index is 12.1. The molecule has 0 amide bonds. The molecule has 1 aliphatic carbocycles. The summed E-state index contributed by atoms with van der Waals surface area (Å²) in [5.41, 5.74) is 3.39. The molecule has 3 aliphatic rings. The third-order valence-corrected chi connectivity index (χ3v) is 5.93. The van der Waals surface area contributed by atoms with Crippen LogP contribution in [0.3, 0.4) is 0 Å². The first-order valence-corrected chi connectivity index (χ1v) is 9.36. The summed E-state index contributed by atoms with van der Waals surface area (Å²) in [7, 11) is 1.40. The summed E-state index contributed by atoms with van der Waals surface area (Å²) in [6.07, 6.45) is 6.33. The number of methoxy groups -OCH3 is 1. The molecule has 2 aromatic rings. The molecule has 5 rings (SSSR count). The van der Waals surface area contributed by atoms with E-state index in [0.717, 1.165) is 48.8 Å². The van der Waals surface area contributed by atoms with Crippen LogP contribution in [-0.2, 0) is 11.2 Å². The van der Waals surface area contributed by atoms with Crippen molar-refractivity contribution in [1.29, 1.82) is 0 Å². The topological polar surface area (TPSA) is 54.7 Å². The Hall–Kier alpha value is -2.11. The van der Waals surface area contributed by atoms with Crippen LogP contribution in [0.4, 0.5) is 4.79 Å². The van der Waals surface area contributed by atoms with Gasteiger partial charge in [0.05, 0.1) is 24.8 Å². The molecule has 2 saturated heterocycles. The Labute approximate surface area is 153 Å². The van der Waals surface area contributed by atoms with Gasteiger partial charge >= 0.3 is 6.09 Å². The lowest BCUT2D eigenvalue weighted by Crippen LogP contribution is -2.57. The SMILES string of the molecule is C/C=C1/C[C@H]2C[C@H](O)[C@@H]1N(CCc1cn(C(=O)OC)c3ccccc13)C2. The minimum Gasteiger partial charge on any atom is -0.452 e. The summed E-state index contributed by atoms with van der Waals surface area (Å²) in [5, 5.41) is 11.6. The second kappa shape index (κ2) is 6.89. The fourth-order valence-corrected chi connectivity index (χ4v) is 4.80. The van der Waals surface area contributed by atoms with Crippen LogP contribution in [0, 0.1) is 5.92 Å². The molecule has 1 N–H and O–H groups in total. The summed E-state index contributed by atoms with van der Waals surface area (Å²) in [4.78, 5) is 14.5. The predicted octanol–water partition coefficient (Wildman–Crippen LogP) is 3.20. The average Bonchev–Trinajstić information content (AvgIpc) is 3.04. The molecule has 0 unspecified atom stereocenters. The van der Waals surface area contributed by atoms with Crippen molar-refractivity contribution in [3.8, 4) is 0 Å². The fraction of sp³-hybridized carbons (Fsp3) is 0.476. The zero-order valence-electron chi connectivity index (χ0n) is 15.4. The Balaban J connectivity index is 1.58. The number of hydrogen-bond acceptors (Lipinski definition) is 4. The number of para-hydroxylation sites is 1. The lowest BCUT2D eigenvalue weighted by Gasteiger charge is -2.49. The molecule has 3 atom stereocenters. The number of carbonyl (C=O) groups excluding carboxylic acids is 1. The van der Waals surface area contributed by atoms with Crippen LogP contribution in [0.25, 0.3) is 10.9 Å². The van der Waals surface area contributed by atoms with E-state index < -0.39 is 0 Å². The minimum absolute atomic E-state index is 0.152. The van der Waals surface area contributed by atoms with Gasteiger partial charge in [-0.3, -0.25) is 9.47 Å². The predicted molar refractivity (Wildman–Crippen MR) is 101 cm³/mol. The number of carbonyl (C=O) groups is 1. The van der Waals surface area contributed by atoms with E-state index in [0.29, 0.717) is 5.92 Å². The lowest BCUT2D eigenvalue weighted by atomic mass is 9.74. The maximum Gasteiger partial charge on any atom is 0.418 e. The smallest absolute Gasteiger partial charge is 0.418 e. The van der Waals surface area contributed by atoms with E-state index in [9.17, 15) is 9.90 Å². The van der Waals surface area contributed by atoms with E-state index in [2.05, 4.69) is 24.0 Å². The van der Waals surface area contributed by atoms with Gasteiger partial charge in [-0.2, -0.15) is 0 Å². The first-order valence-electron chi connectivity index (χ1n) is 9.36. The van der Waals surface area contributed by atoms with Crippen LogP contribution >= 0.6 is 0 Å².